The maximum Gasteiger partial charge on any atom is 0.164 e. The van der Waals surface area contributed by atoms with Gasteiger partial charge in [-0.1, -0.05) is 109 Å². The van der Waals surface area contributed by atoms with Gasteiger partial charge in [0.05, 0.1) is 15.9 Å². The minimum absolute atomic E-state index is 0.597. The molecule has 10 aromatic rings. The summed E-state index contributed by atoms with van der Waals surface area (Å²) in [5.41, 5.74) is 10.0. The zero-order chi connectivity index (χ0) is 35.1. The Morgan fingerprint density at radius 3 is 1.92 bits per heavy atom. The fraction of sp³-hybridized carbons (Fsp3) is 0. The number of rotatable bonds is 6. The van der Waals surface area contributed by atoms with Crippen molar-refractivity contribution in [3.8, 4) is 67.7 Å². The van der Waals surface area contributed by atoms with E-state index in [1.54, 1.807) is 11.3 Å². The molecule has 6 heteroatoms. The van der Waals surface area contributed by atoms with Crippen LogP contribution in [0.15, 0.2) is 176 Å². The minimum atomic E-state index is 0.597. The van der Waals surface area contributed by atoms with Crippen LogP contribution in [-0.2, 0) is 0 Å². The lowest BCUT2D eigenvalue weighted by molar-refractivity contribution is 1.07. The summed E-state index contributed by atoms with van der Waals surface area (Å²) in [6, 6.07) is 56.7. The molecular formula is C47H29N5S. The number of hydrogen-bond donors (Lipinski definition) is 0. The van der Waals surface area contributed by atoms with E-state index in [-0.39, 0.29) is 0 Å². The van der Waals surface area contributed by atoms with Crippen LogP contribution in [0.25, 0.3) is 98.7 Å². The van der Waals surface area contributed by atoms with E-state index in [0.29, 0.717) is 17.5 Å². The molecule has 0 bridgehead atoms. The Morgan fingerprint density at radius 2 is 1.06 bits per heavy atom. The smallest absolute Gasteiger partial charge is 0.164 e. The Kier molecular flexibility index (Phi) is 7.59. The monoisotopic (exact) mass is 695 g/mol. The first-order valence-electron chi connectivity index (χ1n) is 17.5. The van der Waals surface area contributed by atoms with E-state index >= 15 is 0 Å². The molecule has 248 valence electrons. The molecule has 0 N–H and O–H groups in total. The average Bonchev–Trinajstić information content (AvgIpc) is 3.63. The molecule has 0 saturated heterocycles. The summed E-state index contributed by atoms with van der Waals surface area (Å²) < 4.78 is 2.37. The van der Waals surface area contributed by atoms with Gasteiger partial charge in [0.15, 0.2) is 17.5 Å². The van der Waals surface area contributed by atoms with Crippen molar-refractivity contribution in [3.63, 3.8) is 0 Å². The van der Waals surface area contributed by atoms with Gasteiger partial charge in [-0.2, -0.15) is 0 Å². The van der Waals surface area contributed by atoms with E-state index < -0.39 is 0 Å². The maximum atomic E-state index is 5.20. The SMILES string of the molecule is c1ccc(-c2nc(-c3cccc(-c4ccccn4)c3)nc(-c3cc(-c4ccc5ccccc5c4)cc(-c4ccnc5c4sc4ccccc45)c3)n2)cc1. The van der Waals surface area contributed by atoms with E-state index in [9.17, 15) is 0 Å². The molecule has 0 aliphatic rings. The first-order valence-corrected chi connectivity index (χ1v) is 18.3. The van der Waals surface area contributed by atoms with Crippen molar-refractivity contribution >= 4 is 42.4 Å². The Hall–Kier alpha value is -6.89. The van der Waals surface area contributed by atoms with Crippen LogP contribution in [0.3, 0.4) is 0 Å². The summed E-state index contributed by atoms with van der Waals surface area (Å²) in [5.74, 6) is 1.81. The highest BCUT2D eigenvalue weighted by atomic mass is 32.1. The standard InChI is InChI=1S/C47H29N5S/c1-2-12-31(13-3-1)45-50-46(35-16-10-15-34(26-35)41-18-8-9-23-48-41)52-47(51-45)38-28-36(33-21-20-30-11-4-5-14-32(30)25-33)27-37(29-38)39-22-24-49-43-40-17-6-7-19-42(40)53-44(39)43/h1-29H. The number of thiophene rings is 1. The van der Waals surface area contributed by atoms with Crippen molar-refractivity contribution in [1.29, 1.82) is 0 Å². The number of pyridine rings is 2. The number of nitrogens with zero attached hydrogens (tertiary/aromatic N) is 5. The Balaban J connectivity index is 1.21. The lowest BCUT2D eigenvalue weighted by Gasteiger charge is -2.13. The summed E-state index contributed by atoms with van der Waals surface area (Å²) in [7, 11) is 0. The average molecular weight is 696 g/mol. The van der Waals surface area contributed by atoms with Gasteiger partial charge in [-0.15, -0.1) is 11.3 Å². The lowest BCUT2D eigenvalue weighted by Crippen LogP contribution is -2.01. The molecule has 6 aromatic carbocycles. The largest absolute Gasteiger partial charge is 0.256 e. The van der Waals surface area contributed by atoms with E-state index in [1.807, 2.05) is 73.1 Å². The van der Waals surface area contributed by atoms with Gasteiger partial charge in [0.2, 0.25) is 0 Å². The van der Waals surface area contributed by atoms with Gasteiger partial charge in [0.1, 0.15) is 0 Å². The van der Waals surface area contributed by atoms with Crippen LogP contribution < -0.4 is 0 Å². The van der Waals surface area contributed by atoms with Gasteiger partial charge < -0.3 is 0 Å². The van der Waals surface area contributed by atoms with Crippen LogP contribution in [0.4, 0.5) is 0 Å². The molecule has 0 unspecified atom stereocenters. The first kappa shape index (κ1) is 30.9. The van der Waals surface area contributed by atoms with Crippen molar-refractivity contribution in [2.75, 3.05) is 0 Å². The van der Waals surface area contributed by atoms with Gasteiger partial charge in [-0.25, -0.2) is 15.0 Å². The number of fused-ring (bicyclic) bond motifs is 4. The molecule has 10 rings (SSSR count). The van der Waals surface area contributed by atoms with Crippen LogP contribution in [0.2, 0.25) is 0 Å². The highest BCUT2D eigenvalue weighted by molar-refractivity contribution is 7.26. The molecule has 53 heavy (non-hydrogen) atoms. The van der Waals surface area contributed by atoms with E-state index in [2.05, 4.69) is 108 Å². The van der Waals surface area contributed by atoms with Crippen LogP contribution in [0.1, 0.15) is 0 Å². The zero-order valence-corrected chi connectivity index (χ0v) is 29.2. The summed E-state index contributed by atoms with van der Waals surface area (Å²) in [5, 5.41) is 3.56. The number of aromatic nitrogens is 5. The van der Waals surface area contributed by atoms with Crippen LogP contribution in [0.5, 0.6) is 0 Å². The second-order valence-electron chi connectivity index (χ2n) is 13.0. The third-order valence-corrected chi connectivity index (χ3v) is 10.8. The second kappa shape index (κ2) is 13.0. The minimum Gasteiger partial charge on any atom is -0.256 e. The molecule has 0 radical (unpaired) electrons. The summed E-state index contributed by atoms with van der Waals surface area (Å²) in [4.78, 5) is 24.8. The van der Waals surface area contributed by atoms with Crippen molar-refractivity contribution in [1.82, 2.24) is 24.9 Å². The molecule has 4 aromatic heterocycles. The number of hydrogen-bond acceptors (Lipinski definition) is 6. The second-order valence-corrected chi connectivity index (χ2v) is 14.0. The van der Waals surface area contributed by atoms with Gasteiger partial charge in [-0.3, -0.25) is 9.97 Å². The molecule has 0 fully saturated rings. The van der Waals surface area contributed by atoms with Crippen LogP contribution >= 0.6 is 11.3 Å². The topological polar surface area (TPSA) is 64.5 Å². The van der Waals surface area contributed by atoms with E-state index in [4.69, 9.17) is 19.9 Å². The molecule has 4 heterocycles. The molecule has 0 spiro atoms. The van der Waals surface area contributed by atoms with E-state index in [0.717, 1.165) is 60.4 Å². The van der Waals surface area contributed by atoms with Gasteiger partial charge in [0.25, 0.3) is 0 Å². The quantitative estimate of drug-likeness (QED) is 0.173. The molecule has 0 aliphatic carbocycles. The third kappa shape index (κ3) is 5.81. The Morgan fingerprint density at radius 1 is 0.377 bits per heavy atom. The molecular weight excluding hydrogens is 667 g/mol. The van der Waals surface area contributed by atoms with Crippen molar-refractivity contribution < 1.29 is 0 Å². The van der Waals surface area contributed by atoms with Crippen molar-refractivity contribution in [2.45, 2.75) is 0 Å². The van der Waals surface area contributed by atoms with Crippen LogP contribution in [-0.4, -0.2) is 24.9 Å². The van der Waals surface area contributed by atoms with E-state index in [1.165, 1.54) is 20.9 Å². The number of benzene rings is 6. The Bertz CT molecular complexity index is 2960. The fourth-order valence-corrected chi connectivity index (χ4v) is 8.18. The van der Waals surface area contributed by atoms with Crippen molar-refractivity contribution in [2.24, 2.45) is 0 Å². The predicted molar refractivity (Wildman–Crippen MR) is 218 cm³/mol. The maximum absolute atomic E-state index is 5.20. The summed E-state index contributed by atoms with van der Waals surface area (Å²) in [6.45, 7) is 0. The highest BCUT2D eigenvalue weighted by Gasteiger charge is 2.18. The van der Waals surface area contributed by atoms with Crippen molar-refractivity contribution in [3.05, 3.63) is 176 Å². The van der Waals surface area contributed by atoms with Gasteiger partial charge in [-0.05, 0) is 82.1 Å². The molecule has 0 amide bonds. The summed E-state index contributed by atoms with van der Waals surface area (Å²) in [6.07, 6.45) is 3.73. The Labute approximate surface area is 310 Å². The first-order chi connectivity index (χ1) is 26.2. The fourth-order valence-electron chi connectivity index (χ4n) is 6.98. The highest BCUT2D eigenvalue weighted by Crippen LogP contribution is 2.41. The zero-order valence-electron chi connectivity index (χ0n) is 28.4. The summed E-state index contributed by atoms with van der Waals surface area (Å²) >= 11 is 1.78. The molecule has 5 nitrogen and oxygen atoms in total. The third-order valence-electron chi connectivity index (χ3n) is 9.59. The normalized spacial score (nSPS) is 11.4. The molecule has 0 saturated carbocycles. The molecule has 0 atom stereocenters. The van der Waals surface area contributed by atoms with Gasteiger partial charge in [0, 0.05) is 50.3 Å². The lowest BCUT2D eigenvalue weighted by atomic mass is 9.94. The van der Waals surface area contributed by atoms with Crippen LogP contribution in [0, 0.1) is 0 Å². The van der Waals surface area contributed by atoms with Gasteiger partial charge >= 0.3 is 0 Å². The molecule has 0 aliphatic heterocycles. The predicted octanol–water partition coefficient (Wildman–Crippen LogP) is 12.2.